The Hall–Kier alpha value is -3.19. The largest absolute Gasteiger partial charge is 0.490 e. The molecule has 2 aromatic rings. The molecule has 0 aromatic heterocycles. The van der Waals surface area contributed by atoms with Gasteiger partial charge < -0.3 is 14.8 Å². The van der Waals surface area contributed by atoms with Gasteiger partial charge in [0.1, 0.15) is 5.60 Å². The Bertz CT molecular complexity index is 984. The number of rotatable bonds is 7. The number of fused-ring (bicyclic) bond motifs is 1. The van der Waals surface area contributed by atoms with Crippen molar-refractivity contribution in [3.8, 4) is 17.6 Å². The van der Waals surface area contributed by atoms with Gasteiger partial charge in [0.25, 0.3) is 0 Å². The Morgan fingerprint density at radius 3 is 2.79 bits per heavy atom. The minimum atomic E-state index is -0.252. The van der Waals surface area contributed by atoms with Crippen molar-refractivity contribution in [1.82, 2.24) is 0 Å². The number of hydrogen-bond acceptors (Lipinski definition) is 4. The van der Waals surface area contributed by atoms with Gasteiger partial charge >= 0.3 is 0 Å². The Kier molecular flexibility index (Phi) is 5.31. The predicted octanol–water partition coefficient (Wildman–Crippen LogP) is 5.72. The summed E-state index contributed by atoms with van der Waals surface area (Å²) in [4.78, 5) is 0. The van der Waals surface area contributed by atoms with Crippen molar-refractivity contribution in [1.29, 1.82) is 5.26 Å². The maximum atomic E-state index is 9.58. The van der Waals surface area contributed by atoms with Crippen LogP contribution in [-0.4, -0.2) is 12.2 Å². The molecule has 0 saturated heterocycles. The van der Waals surface area contributed by atoms with Gasteiger partial charge in [0.2, 0.25) is 0 Å². The zero-order valence-electron chi connectivity index (χ0n) is 16.9. The van der Waals surface area contributed by atoms with Crippen LogP contribution in [0.3, 0.4) is 0 Å². The van der Waals surface area contributed by atoms with Gasteiger partial charge in [-0.2, -0.15) is 5.26 Å². The van der Waals surface area contributed by atoms with Gasteiger partial charge in [0.15, 0.2) is 11.5 Å². The van der Waals surface area contributed by atoms with Gasteiger partial charge in [0, 0.05) is 35.4 Å². The van der Waals surface area contributed by atoms with Crippen LogP contribution in [0, 0.1) is 17.2 Å². The molecule has 0 amide bonds. The monoisotopic (exact) mass is 386 g/mol. The van der Waals surface area contributed by atoms with E-state index in [-0.39, 0.29) is 5.60 Å². The molecular formula is C25H26N2O2. The number of ether oxygens (including phenoxy) is 2. The first-order chi connectivity index (χ1) is 14.1. The van der Waals surface area contributed by atoms with Crippen LogP contribution in [0.25, 0.3) is 6.08 Å². The van der Waals surface area contributed by atoms with E-state index in [1.807, 2.05) is 43.3 Å². The van der Waals surface area contributed by atoms with Crippen molar-refractivity contribution in [3.63, 3.8) is 0 Å². The Balaban J connectivity index is 1.58. The molecule has 29 heavy (non-hydrogen) atoms. The van der Waals surface area contributed by atoms with Crippen molar-refractivity contribution in [2.75, 3.05) is 11.9 Å². The van der Waals surface area contributed by atoms with Crippen molar-refractivity contribution in [3.05, 3.63) is 71.4 Å². The summed E-state index contributed by atoms with van der Waals surface area (Å²) in [5, 5.41) is 12.8. The molecule has 2 aliphatic rings. The highest BCUT2D eigenvalue weighted by atomic mass is 16.5. The molecule has 4 nitrogen and oxygen atoms in total. The second kappa shape index (κ2) is 8.05. The van der Waals surface area contributed by atoms with Crippen LogP contribution in [0.15, 0.2) is 60.3 Å². The first kappa shape index (κ1) is 19.1. The third kappa shape index (κ3) is 4.30. The lowest BCUT2D eigenvalue weighted by Crippen LogP contribution is -2.34. The average molecular weight is 386 g/mol. The van der Waals surface area contributed by atoms with E-state index in [2.05, 4.69) is 36.5 Å². The van der Waals surface area contributed by atoms with E-state index in [0.717, 1.165) is 28.3 Å². The first-order valence-corrected chi connectivity index (χ1v) is 10.2. The average Bonchev–Trinajstić information content (AvgIpc) is 3.59. The summed E-state index contributed by atoms with van der Waals surface area (Å²) in [5.74, 6) is 2.15. The molecule has 1 heterocycles. The van der Waals surface area contributed by atoms with Crippen molar-refractivity contribution in [2.45, 2.75) is 38.7 Å². The van der Waals surface area contributed by atoms with Crippen LogP contribution in [0.4, 0.5) is 5.69 Å². The SMILES string of the molecule is CCOc1cc(CC(C#N)=CNc2ccccc2)cc2c1OC(C)(C1CC1)C=C2. The number of benzene rings is 2. The number of anilines is 1. The van der Waals surface area contributed by atoms with Gasteiger partial charge in [-0.05, 0) is 62.6 Å². The molecule has 1 aliphatic carbocycles. The summed E-state index contributed by atoms with van der Waals surface area (Å²) in [7, 11) is 0. The molecule has 1 saturated carbocycles. The summed E-state index contributed by atoms with van der Waals surface area (Å²) in [6, 6.07) is 16.2. The number of nitriles is 1. The van der Waals surface area contributed by atoms with Crippen LogP contribution in [0.2, 0.25) is 0 Å². The molecule has 0 spiro atoms. The zero-order chi connectivity index (χ0) is 20.3. The predicted molar refractivity (Wildman–Crippen MR) is 116 cm³/mol. The molecule has 4 heteroatoms. The third-order valence-electron chi connectivity index (χ3n) is 5.47. The van der Waals surface area contributed by atoms with E-state index in [0.29, 0.717) is 24.5 Å². The van der Waals surface area contributed by atoms with Crippen LogP contribution < -0.4 is 14.8 Å². The molecule has 1 fully saturated rings. The molecule has 1 N–H and O–H groups in total. The van der Waals surface area contributed by atoms with Gasteiger partial charge in [0.05, 0.1) is 12.7 Å². The minimum Gasteiger partial charge on any atom is -0.490 e. The molecular weight excluding hydrogens is 360 g/mol. The van der Waals surface area contributed by atoms with E-state index in [1.54, 1.807) is 6.20 Å². The quantitative estimate of drug-likeness (QED) is 0.618. The fraction of sp³-hybridized carbons (Fsp3) is 0.320. The topological polar surface area (TPSA) is 54.3 Å². The fourth-order valence-corrected chi connectivity index (χ4v) is 3.71. The second-order valence-corrected chi connectivity index (χ2v) is 7.81. The van der Waals surface area contributed by atoms with Gasteiger partial charge in [-0.3, -0.25) is 0 Å². The van der Waals surface area contributed by atoms with E-state index >= 15 is 0 Å². The molecule has 1 atom stereocenters. The number of nitrogens with zero attached hydrogens (tertiary/aromatic N) is 1. The maximum absolute atomic E-state index is 9.58. The first-order valence-electron chi connectivity index (χ1n) is 10.2. The second-order valence-electron chi connectivity index (χ2n) is 7.81. The molecule has 0 bridgehead atoms. The number of hydrogen-bond donors (Lipinski definition) is 1. The standard InChI is InChI=1S/C25H26N2O2/c1-3-28-23-15-18(13-19(16-26)17-27-22-7-5-4-6-8-22)14-20-11-12-25(2,21-9-10-21)29-24(20)23/h4-8,11-12,14-15,17,21,27H,3,9-10,13H2,1-2H3. The minimum absolute atomic E-state index is 0.252. The number of para-hydroxylation sites is 1. The van der Waals surface area contributed by atoms with E-state index in [1.165, 1.54) is 12.8 Å². The van der Waals surface area contributed by atoms with Crippen molar-refractivity contribution >= 4 is 11.8 Å². The van der Waals surface area contributed by atoms with Crippen LogP contribution in [-0.2, 0) is 6.42 Å². The smallest absolute Gasteiger partial charge is 0.169 e. The molecule has 1 aliphatic heterocycles. The molecule has 4 rings (SSSR count). The molecule has 1 unspecified atom stereocenters. The Morgan fingerprint density at radius 2 is 2.10 bits per heavy atom. The zero-order valence-corrected chi connectivity index (χ0v) is 16.9. The third-order valence-corrected chi connectivity index (χ3v) is 5.47. The summed E-state index contributed by atoms with van der Waals surface area (Å²) < 4.78 is 12.3. The van der Waals surface area contributed by atoms with Crippen molar-refractivity contribution in [2.24, 2.45) is 5.92 Å². The molecule has 0 radical (unpaired) electrons. The maximum Gasteiger partial charge on any atom is 0.169 e. The normalized spacial score (nSPS) is 20.4. The van der Waals surface area contributed by atoms with Gasteiger partial charge in [-0.1, -0.05) is 24.3 Å². The fourth-order valence-electron chi connectivity index (χ4n) is 3.71. The van der Waals surface area contributed by atoms with E-state index in [4.69, 9.17) is 9.47 Å². The van der Waals surface area contributed by atoms with E-state index in [9.17, 15) is 5.26 Å². The summed E-state index contributed by atoms with van der Waals surface area (Å²) in [6.45, 7) is 4.70. The molecule has 2 aromatic carbocycles. The lowest BCUT2D eigenvalue weighted by atomic mass is 9.93. The number of allylic oxidation sites excluding steroid dienone is 1. The lowest BCUT2D eigenvalue weighted by Gasteiger charge is -2.33. The summed E-state index contributed by atoms with van der Waals surface area (Å²) in [6.07, 6.45) is 9.03. The van der Waals surface area contributed by atoms with Crippen molar-refractivity contribution < 1.29 is 9.47 Å². The highest BCUT2D eigenvalue weighted by Crippen LogP contribution is 2.48. The van der Waals surface area contributed by atoms with Crippen LogP contribution in [0.5, 0.6) is 11.5 Å². The highest BCUT2D eigenvalue weighted by molar-refractivity contribution is 5.67. The summed E-state index contributed by atoms with van der Waals surface area (Å²) >= 11 is 0. The van der Waals surface area contributed by atoms with E-state index < -0.39 is 0 Å². The Labute approximate surface area is 172 Å². The van der Waals surface area contributed by atoms with Crippen LogP contribution >= 0.6 is 0 Å². The van der Waals surface area contributed by atoms with Gasteiger partial charge in [-0.25, -0.2) is 0 Å². The Morgan fingerprint density at radius 1 is 1.31 bits per heavy atom. The van der Waals surface area contributed by atoms with Crippen LogP contribution in [0.1, 0.15) is 37.8 Å². The molecule has 148 valence electrons. The van der Waals surface area contributed by atoms with Gasteiger partial charge in [-0.15, -0.1) is 0 Å². The lowest BCUT2D eigenvalue weighted by molar-refractivity contribution is 0.107. The highest BCUT2D eigenvalue weighted by Gasteiger charge is 2.44. The number of nitrogens with one attached hydrogen (secondary N) is 1. The summed E-state index contributed by atoms with van der Waals surface area (Å²) in [5.41, 5.74) is 3.39.